The first kappa shape index (κ1) is 16.4. The molecule has 120 valence electrons. The molecule has 0 spiro atoms. The van der Waals surface area contributed by atoms with E-state index in [2.05, 4.69) is 4.98 Å². The summed E-state index contributed by atoms with van der Waals surface area (Å²) in [5.41, 5.74) is 0. The fourth-order valence-electron chi connectivity index (χ4n) is 2.50. The van der Waals surface area contributed by atoms with Gasteiger partial charge in [-0.3, -0.25) is 0 Å². The highest BCUT2D eigenvalue weighted by Gasteiger charge is 2.35. The van der Waals surface area contributed by atoms with Crippen LogP contribution in [0.15, 0.2) is 11.2 Å². The summed E-state index contributed by atoms with van der Waals surface area (Å²) in [5, 5.41) is 9.28. The first-order chi connectivity index (χ1) is 9.88. The molecule has 2 atom stereocenters. The number of imidazole rings is 1. The molecule has 0 aliphatic carbocycles. The molecule has 1 aromatic heterocycles. The molecule has 0 amide bonds. The highest BCUT2D eigenvalue weighted by atomic mass is 32.2. The Kier molecular flexibility index (Phi) is 5.03. The number of rotatable bonds is 5. The van der Waals surface area contributed by atoms with Crippen molar-refractivity contribution in [2.24, 2.45) is 0 Å². The van der Waals surface area contributed by atoms with Crippen LogP contribution in [-0.2, 0) is 21.3 Å². The molecule has 21 heavy (non-hydrogen) atoms. The number of hydrogen-bond acceptors (Lipinski definition) is 5. The summed E-state index contributed by atoms with van der Waals surface area (Å²) in [6.07, 6.45) is 1.77. The predicted molar refractivity (Wildman–Crippen MR) is 77.4 cm³/mol. The van der Waals surface area contributed by atoms with Crippen LogP contribution in [0.3, 0.4) is 0 Å². The van der Waals surface area contributed by atoms with Gasteiger partial charge in [-0.05, 0) is 20.3 Å². The maximum Gasteiger partial charge on any atom is 0.262 e. The Balaban J connectivity index is 2.26. The summed E-state index contributed by atoms with van der Waals surface area (Å²) in [4.78, 5) is 4.18. The number of sulfonamides is 1. The number of aliphatic hydroxyl groups excluding tert-OH is 1. The Morgan fingerprint density at radius 2 is 2.19 bits per heavy atom. The van der Waals surface area contributed by atoms with Crippen LogP contribution in [0.5, 0.6) is 0 Å². The van der Waals surface area contributed by atoms with Gasteiger partial charge in [0.2, 0.25) is 0 Å². The number of hydrogen-bond donors (Lipinski definition) is 1. The largest absolute Gasteiger partial charge is 0.394 e. The van der Waals surface area contributed by atoms with Crippen LogP contribution < -0.4 is 0 Å². The lowest BCUT2D eigenvalue weighted by Crippen LogP contribution is -2.50. The van der Waals surface area contributed by atoms with Crippen LogP contribution in [0.1, 0.15) is 26.1 Å². The zero-order valence-corrected chi connectivity index (χ0v) is 13.5. The molecule has 1 aliphatic rings. The lowest BCUT2D eigenvalue weighted by atomic mass is 10.2. The maximum absolute atomic E-state index is 12.7. The van der Waals surface area contributed by atoms with Gasteiger partial charge in [0, 0.05) is 25.8 Å². The second kappa shape index (κ2) is 6.43. The number of aromatic nitrogens is 2. The van der Waals surface area contributed by atoms with E-state index >= 15 is 0 Å². The molecule has 2 unspecified atom stereocenters. The third-order valence-corrected chi connectivity index (χ3v) is 5.22. The van der Waals surface area contributed by atoms with Crippen LogP contribution in [-0.4, -0.2) is 59.3 Å². The number of morpholine rings is 1. The summed E-state index contributed by atoms with van der Waals surface area (Å²) < 4.78 is 34.0. The molecule has 1 fully saturated rings. The zero-order chi connectivity index (χ0) is 15.6. The minimum absolute atomic E-state index is 0.0687. The number of aryl methyl sites for hydroxylation is 2. The average Bonchev–Trinajstić information content (AvgIpc) is 2.80. The van der Waals surface area contributed by atoms with Crippen LogP contribution >= 0.6 is 0 Å². The summed E-state index contributed by atoms with van der Waals surface area (Å²) in [6, 6.07) is 0. The van der Waals surface area contributed by atoms with E-state index in [0.29, 0.717) is 5.82 Å². The van der Waals surface area contributed by atoms with Gasteiger partial charge in [0.1, 0.15) is 5.82 Å². The quantitative estimate of drug-likeness (QED) is 0.848. The van der Waals surface area contributed by atoms with E-state index in [9.17, 15) is 13.5 Å². The molecule has 1 N–H and O–H groups in total. The Hall–Kier alpha value is -0.960. The predicted octanol–water partition coefficient (Wildman–Crippen LogP) is 0.372. The molecule has 1 saturated heterocycles. The van der Waals surface area contributed by atoms with Crippen molar-refractivity contribution in [2.45, 2.75) is 51.0 Å². The van der Waals surface area contributed by atoms with Crippen molar-refractivity contribution in [3.8, 4) is 0 Å². The van der Waals surface area contributed by atoms with E-state index in [4.69, 9.17) is 4.74 Å². The summed E-state index contributed by atoms with van der Waals surface area (Å²) in [7, 11) is -3.65. The van der Waals surface area contributed by atoms with Crippen molar-refractivity contribution < 1.29 is 18.3 Å². The Morgan fingerprint density at radius 3 is 2.81 bits per heavy atom. The van der Waals surface area contributed by atoms with Crippen LogP contribution in [0.2, 0.25) is 0 Å². The van der Waals surface area contributed by atoms with Crippen molar-refractivity contribution in [2.75, 3.05) is 19.7 Å². The Labute approximate surface area is 125 Å². The van der Waals surface area contributed by atoms with Crippen molar-refractivity contribution in [3.05, 3.63) is 12.0 Å². The monoisotopic (exact) mass is 317 g/mol. The fraction of sp³-hybridized carbons (Fsp3) is 0.769. The van der Waals surface area contributed by atoms with Gasteiger partial charge in [-0.1, -0.05) is 6.92 Å². The van der Waals surface area contributed by atoms with Gasteiger partial charge in [0.05, 0.1) is 18.8 Å². The molecule has 0 saturated carbocycles. The van der Waals surface area contributed by atoms with Gasteiger partial charge < -0.3 is 14.4 Å². The van der Waals surface area contributed by atoms with Crippen molar-refractivity contribution >= 4 is 10.0 Å². The van der Waals surface area contributed by atoms with Crippen molar-refractivity contribution in [1.29, 1.82) is 0 Å². The Bertz CT molecular complexity index is 584. The van der Waals surface area contributed by atoms with Crippen molar-refractivity contribution in [3.63, 3.8) is 0 Å². The molecule has 2 heterocycles. The normalized spacial score (nSPS) is 24.4. The fourth-order valence-corrected chi connectivity index (χ4v) is 4.04. The molecule has 0 radical (unpaired) electrons. The number of aliphatic hydroxyl groups is 1. The van der Waals surface area contributed by atoms with E-state index in [0.717, 1.165) is 13.0 Å². The molecular weight excluding hydrogens is 294 g/mol. The van der Waals surface area contributed by atoms with Crippen LogP contribution in [0.4, 0.5) is 0 Å². The second-order valence-electron chi connectivity index (χ2n) is 5.39. The summed E-state index contributed by atoms with van der Waals surface area (Å²) >= 11 is 0. The molecule has 1 aliphatic heterocycles. The SMILES string of the molecule is CCCn1cc(S(=O)(=O)N2CC(C)OC(CO)C2)nc1C. The van der Waals surface area contributed by atoms with E-state index in [-0.39, 0.29) is 30.8 Å². The smallest absolute Gasteiger partial charge is 0.262 e. The number of ether oxygens (including phenoxy) is 1. The third kappa shape index (κ3) is 3.45. The van der Waals surface area contributed by atoms with Gasteiger partial charge in [0.15, 0.2) is 5.03 Å². The first-order valence-electron chi connectivity index (χ1n) is 7.18. The number of nitrogens with zero attached hydrogens (tertiary/aromatic N) is 3. The molecule has 7 nitrogen and oxygen atoms in total. The van der Waals surface area contributed by atoms with Gasteiger partial charge >= 0.3 is 0 Å². The lowest BCUT2D eigenvalue weighted by molar-refractivity contribution is -0.0750. The molecular formula is C13H23N3O4S. The highest BCUT2D eigenvalue weighted by molar-refractivity contribution is 7.89. The second-order valence-corrected chi connectivity index (χ2v) is 7.28. The lowest BCUT2D eigenvalue weighted by Gasteiger charge is -2.34. The molecule has 1 aromatic rings. The van der Waals surface area contributed by atoms with Gasteiger partial charge in [-0.2, -0.15) is 4.31 Å². The topological polar surface area (TPSA) is 84.7 Å². The van der Waals surface area contributed by atoms with Gasteiger partial charge in [-0.25, -0.2) is 13.4 Å². The first-order valence-corrected chi connectivity index (χ1v) is 8.62. The molecule has 8 heteroatoms. The average molecular weight is 317 g/mol. The van der Waals surface area contributed by atoms with Gasteiger partial charge in [-0.15, -0.1) is 0 Å². The minimum atomic E-state index is -3.65. The van der Waals surface area contributed by atoms with E-state index in [1.807, 2.05) is 11.5 Å². The summed E-state index contributed by atoms with van der Waals surface area (Å²) in [6.45, 7) is 6.61. The maximum atomic E-state index is 12.7. The third-order valence-electron chi connectivity index (χ3n) is 3.52. The Morgan fingerprint density at radius 1 is 1.48 bits per heavy atom. The van der Waals surface area contributed by atoms with Crippen LogP contribution in [0.25, 0.3) is 0 Å². The van der Waals surface area contributed by atoms with E-state index in [1.165, 1.54) is 4.31 Å². The van der Waals surface area contributed by atoms with Crippen LogP contribution in [0, 0.1) is 6.92 Å². The molecule has 0 bridgehead atoms. The summed E-state index contributed by atoms with van der Waals surface area (Å²) in [5.74, 6) is 0.690. The zero-order valence-electron chi connectivity index (χ0n) is 12.7. The molecule has 2 rings (SSSR count). The standard InChI is InChI=1S/C13H23N3O4S/c1-4-5-15-8-13(14-11(15)3)21(18,19)16-6-10(2)20-12(7-16)9-17/h8,10,12,17H,4-7,9H2,1-3H3. The molecule has 0 aromatic carbocycles. The van der Waals surface area contributed by atoms with E-state index < -0.39 is 16.1 Å². The minimum Gasteiger partial charge on any atom is -0.394 e. The van der Waals surface area contributed by atoms with Gasteiger partial charge in [0.25, 0.3) is 10.0 Å². The van der Waals surface area contributed by atoms with E-state index in [1.54, 1.807) is 20.0 Å². The highest BCUT2D eigenvalue weighted by Crippen LogP contribution is 2.21. The van der Waals surface area contributed by atoms with Crippen molar-refractivity contribution in [1.82, 2.24) is 13.9 Å².